The number of carbonyl (C=O) groups is 1. The van der Waals surface area contributed by atoms with Crippen LogP contribution in [0.5, 0.6) is 17.2 Å². The molecule has 0 amide bonds. The normalized spacial score (nSPS) is 13.0. The molecule has 2 aromatic rings. The van der Waals surface area contributed by atoms with Crippen molar-refractivity contribution in [3.8, 4) is 28.5 Å². The first-order valence-electron chi connectivity index (χ1n) is 6.07. The van der Waals surface area contributed by atoms with Crippen LogP contribution in [0.1, 0.15) is 10.5 Å². The van der Waals surface area contributed by atoms with Crippen LogP contribution in [0.25, 0.3) is 11.3 Å². The van der Waals surface area contributed by atoms with Crippen molar-refractivity contribution in [3.63, 3.8) is 0 Å². The van der Waals surface area contributed by atoms with E-state index >= 15 is 0 Å². The number of nitrogens with one attached hydrogen (secondary N) is 1. The molecule has 1 aromatic carbocycles. The van der Waals surface area contributed by atoms with Crippen LogP contribution in [-0.2, 0) is 0 Å². The molecular weight excluding hydrogens is 300 g/mol. The number of H-pyrrole nitrogens is 1. The highest BCUT2D eigenvalue weighted by Gasteiger charge is 2.26. The third-order valence-corrected chi connectivity index (χ3v) is 3.29. The van der Waals surface area contributed by atoms with Gasteiger partial charge in [0.25, 0.3) is 0 Å². The zero-order valence-electron chi connectivity index (χ0n) is 11.0. The van der Waals surface area contributed by atoms with Crippen molar-refractivity contribution < 1.29 is 24.1 Å². The first-order valence-corrected chi connectivity index (χ1v) is 6.44. The second-order valence-electron chi connectivity index (χ2n) is 4.26. The number of halogens is 1. The molecule has 2 heterocycles. The summed E-state index contributed by atoms with van der Waals surface area (Å²) in [5.41, 5.74) is 0.773. The largest absolute Gasteiger partial charge is 0.494 e. The Labute approximate surface area is 124 Å². The van der Waals surface area contributed by atoms with Crippen LogP contribution in [-0.4, -0.2) is 41.6 Å². The van der Waals surface area contributed by atoms with Crippen molar-refractivity contribution in [2.45, 2.75) is 0 Å². The van der Waals surface area contributed by atoms with Crippen LogP contribution >= 0.6 is 11.6 Å². The molecule has 2 N–H and O–H groups in total. The number of rotatable bonds is 3. The summed E-state index contributed by atoms with van der Waals surface area (Å²) in [5, 5.41) is 15.7. The van der Waals surface area contributed by atoms with Crippen LogP contribution < -0.4 is 14.2 Å². The summed E-state index contributed by atoms with van der Waals surface area (Å²) in [6, 6.07) is 2.98. The van der Waals surface area contributed by atoms with Crippen LogP contribution in [0.2, 0.25) is 5.02 Å². The fourth-order valence-electron chi connectivity index (χ4n) is 2.13. The van der Waals surface area contributed by atoms with E-state index in [0.29, 0.717) is 46.7 Å². The Bertz CT molecular complexity index is 713. The van der Waals surface area contributed by atoms with Crippen molar-refractivity contribution in [1.82, 2.24) is 10.2 Å². The van der Waals surface area contributed by atoms with E-state index in [0.717, 1.165) is 0 Å². The molecule has 1 aliphatic heterocycles. The lowest BCUT2D eigenvalue weighted by molar-refractivity contribution is 0.0690. The van der Waals surface area contributed by atoms with Crippen molar-refractivity contribution in [2.24, 2.45) is 0 Å². The van der Waals surface area contributed by atoms with Crippen molar-refractivity contribution >= 4 is 17.6 Å². The van der Waals surface area contributed by atoms with E-state index in [9.17, 15) is 4.79 Å². The van der Waals surface area contributed by atoms with Crippen LogP contribution in [0.4, 0.5) is 0 Å². The molecule has 0 bridgehead atoms. The zero-order chi connectivity index (χ0) is 15.0. The van der Waals surface area contributed by atoms with Gasteiger partial charge in [-0.25, -0.2) is 4.79 Å². The van der Waals surface area contributed by atoms with Gasteiger partial charge in [-0.1, -0.05) is 11.6 Å². The Morgan fingerprint density at radius 1 is 1.43 bits per heavy atom. The minimum absolute atomic E-state index is 0.0440. The first kappa shape index (κ1) is 13.6. The highest BCUT2D eigenvalue weighted by atomic mass is 35.5. The van der Waals surface area contributed by atoms with E-state index in [4.69, 9.17) is 30.9 Å². The molecule has 0 radical (unpaired) electrons. The minimum atomic E-state index is -1.11. The van der Waals surface area contributed by atoms with E-state index in [2.05, 4.69) is 10.2 Å². The van der Waals surface area contributed by atoms with E-state index in [1.807, 2.05) is 0 Å². The minimum Gasteiger partial charge on any atom is -0.494 e. The van der Waals surface area contributed by atoms with Crippen molar-refractivity contribution in [2.75, 3.05) is 20.3 Å². The number of hydrogen-bond donors (Lipinski definition) is 2. The number of aromatic carboxylic acids is 1. The monoisotopic (exact) mass is 310 g/mol. The van der Waals surface area contributed by atoms with Gasteiger partial charge in [0, 0.05) is 6.07 Å². The standard InChI is InChI=1S/C13H11ClN2O5/c1-19-11-6(14)4-9-12(21-3-2-20-9)10(11)7-5-8(13(17)18)16-15-7/h4-5H,2-3H2,1H3,(H,15,16)(H,17,18). The Hall–Kier alpha value is -2.41. The highest BCUT2D eigenvalue weighted by Crippen LogP contribution is 2.49. The fraction of sp³-hybridized carbons (Fsp3) is 0.231. The Morgan fingerprint density at radius 2 is 2.19 bits per heavy atom. The lowest BCUT2D eigenvalue weighted by Gasteiger charge is -2.22. The topological polar surface area (TPSA) is 93.7 Å². The maximum atomic E-state index is 11.0. The molecule has 0 saturated heterocycles. The molecule has 0 unspecified atom stereocenters. The van der Waals surface area contributed by atoms with E-state index in [-0.39, 0.29) is 5.69 Å². The molecule has 110 valence electrons. The number of carboxylic acid groups (broad SMARTS) is 1. The predicted molar refractivity (Wildman–Crippen MR) is 73.5 cm³/mol. The Morgan fingerprint density at radius 3 is 2.86 bits per heavy atom. The van der Waals surface area contributed by atoms with Gasteiger partial charge in [0.05, 0.1) is 17.7 Å². The molecule has 8 heteroatoms. The average Bonchev–Trinajstić information content (AvgIpc) is 2.95. The van der Waals surface area contributed by atoms with Gasteiger partial charge in [-0.15, -0.1) is 0 Å². The molecule has 1 aromatic heterocycles. The third kappa shape index (κ3) is 2.25. The number of aromatic nitrogens is 2. The van der Waals surface area contributed by atoms with Gasteiger partial charge in [-0.05, 0) is 6.07 Å². The maximum absolute atomic E-state index is 11.0. The average molecular weight is 311 g/mol. The summed E-state index contributed by atoms with van der Waals surface area (Å²) in [7, 11) is 1.46. The van der Waals surface area contributed by atoms with Gasteiger partial charge < -0.3 is 19.3 Å². The molecular formula is C13H11ClN2O5. The second-order valence-corrected chi connectivity index (χ2v) is 4.67. The van der Waals surface area contributed by atoms with Gasteiger partial charge in [0.15, 0.2) is 17.2 Å². The van der Waals surface area contributed by atoms with Crippen LogP contribution in [0, 0.1) is 0 Å². The predicted octanol–water partition coefficient (Wildman–Crippen LogP) is 2.21. The van der Waals surface area contributed by atoms with E-state index < -0.39 is 5.97 Å². The maximum Gasteiger partial charge on any atom is 0.353 e. The molecule has 0 aliphatic carbocycles. The highest BCUT2D eigenvalue weighted by molar-refractivity contribution is 6.33. The first-order chi connectivity index (χ1) is 10.1. The molecule has 1 aliphatic rings. The molecule has 0 spiro atoms. The summed E-state index contributed by atoms with van der Waals surface area (Å²) in [4.78, 5) is 11.0. The van der Waals surface area contributed by atoms with Gasteiger partial charge in [-0.2, -0.15) is 5.10 Å². The number of methoxy groups -OCH3 is 1. The van der Waals surface area contributed by atoms with Gasteiger partial charge in [0.1, 0.15) is 24.6 Å². The molecule has 0 saturated carbocycles. The molecule has 0 atom stereocenters. The Balaban J connectivity index is 2.23. The molecule has 0 fully saturated rings. The zero-order valence-corrected chi connectivity index (χ0v) is 11.7. The van der Waals surface area contributed by atoms with E-state index in [1.54, 1.807) is 6.07 Å². The Kier molecular flexibility index (Phi) is 3.34. The smallest absolute Gasteiger partial charge is 0.353 e. The molecule has 21 heavy (non-hydrogen) atoms. The molecule has 3 rings (SSSR count). The van der Waals surface area contributed by atoms with Gasteiger partial charge in [0.2, 0.25) is 0 Å². The summed E-state index contributed by atoms with van der Waals surface area (Å²) in [6.07, 6.45) is 0. The lowest BCUT2D eigenvalue weighted by atomic mass is 10.1. The number of nitrogens with zero attached hydrogens (tertiary/aromatic N) is 1. The number of hydrogen-bond acceptors (Lipinski definition) is 5. The lowest BCUT2D eigenvalue weighted by Crippen LogP contribution is -2.16. The number of benzene rings is 1. The summed E-state index contributed by atoms with van der Waals surface area (Å²) >= 11 is 6.17. The van der Waals surface area contributed by atoms with Crippen LogP contribution in [0.3, 0.4) is 0 Å². The molecule has 7 nitrogen and oxygen atoms in total. The summed E-state index contributed by atoms with van der Waals surface area (Å²) < 4.78 is 16.4. The van der Waals surface area contributed by atoms with Crippen molar-refractivity contribution in [1.29, 1.82) is 0 Å². The summed E-state index contributed by atoms with van der Waals surface area (Å²) in [6.45, 7) is 0.789. The number of carboxylic acids is 1. The SMILES string of the molecule is COc1c(Cl)cc2c(c1-c1cc(C(=O)O)[nH]n1)OCCO2. The van der Waals surface area contributed by atoms with Crippen molar-refractivity contribution in [3.05, 3.63) is 22.8 Å². The fourth-order valence-corrected chi connectivity index (χ4v) is 2.40. The van der Waals surface area contributed by atoms with Crippen LogP contribution in [0.15, 0.2) is 12.1 Å². The van der Waals surface area contributed by atoms with Gasteiger partial charge >= 0.3 is 5.97 Å². The number of fused-ring (bicyclic) bond motifs is 1. The number of aromatic amines is 1. The number of ether oxygens (including phenoxy) is 3. The van der Waals surface area contributed by atoms with E-state index in [1.165, 1.54) is 13.2 Å². The second kappa shape index (κ2) is 5.17. The van der Waals surface area contributed by atoms with Gasteiger partial charge in [-0.3, -0.25) is 5.10 Å². The third-order valence-electron chi connectivity index (χ3n) is 3.01. The quantitative estimate of drug-likeness (QED) is 0.902. The summed E-state index contributed by atoms with van der Waals surface area (Å²) in [5.74, 6) is 0.151.